The van der Waals surface area contributed by atoms with Gasteiger partial charge in [0.15, 0.2) is 5.78 Å². The van der Waals surface area contributed by atoms with Crippen molar-refractivity contribution in [3.63, 3.8) is 0 Å². The molecule has 0 N–H and O–H groups in total. The summed E-state index contributed by atoms with van der Waals surface area (Å²) in [5.41, 5.74) is 2.22. The van der Waals surface area contributed by atoms with Crippen molar-refractivity contribution >= 4 is 11.6 Å². The van der Waals surface area contributed by atoms with Crippen LogP contribution in [0.25, 0.3) is 0 Å². The van der Waals surface area contributed by atoms with E-state index in [-0.39, 0.29) is 17.5 Å². The molecule has 2 aromatic rings. The predicted molar refractivity (Wildman–Crippen MR) is 102 cm³/mol. The zero-order valence-corrected chi connectivity index (χ0v) is 15.4. The zero-order valence-electron chi connectivity index (χ0n) is 15.4. The predicted octanol–water partition coefficient (Wildman–Crippen LogP) is 4.32. The van der Waals surface area contributed by atoms with Crippen LogP contribution in [0.4, 0.5) is 0 Å². The Morgan fingerprint density at radius 1 is 0.920 bits per heavy atom. The smallest absolute Gasteiger partial charge is 0.193 e. The van der Waals surface area contributed by atoms with Crippen molar-refractivity contribution in [2.24, 2.45) is 0 Å². The molecule has 1 atom stereocenters. The summed E-state index contributed by atoms with van der Waals surface area (Å²) in [6.07, 6.45) is 2.52. The molecule has 2 rings (SSSR count). The number of benzene rings is 2. The Bertz CT molecular complexity index is 707. The van der Waals surface area contributed by atoms with E-state index in [0.29, 0.717) is 17.5 Å². The highest BCUT2D eigenvalue weighted by molar-refractivity contribution is 6.09. The fourth-order valence-electron chi connectivity index (χ4n) is 2.84. The summed E-state index contributed by atoms with van der Waals surface area (Å²) in [5, 5.41) is 0. The SMILES string of the molecule is C[C@@H](C(=O)CCCCN(C)C)c1cccc(C(=O)c2ccccc2)c1. The van der Waals surface area contributed by atoms with Gasteiger partial charge in [0.1, 0.15) is 5.78 Å². The molecule has 132 valence electrons. The maximum absolute atomic E-state index is 12.6. The molecule has 0 aliphatic rings. The van der Waals surface area contributed by atoms with Gasteiger partial charge < -0.3 is 4.90 Å². The molecule has 3 nitrogen and oxygen atoms in total. The minimum absolute atomic E-state index is 0.00641. The standard InChI is InChI=1S/C22H27NO2/c1-17(21(24)14-7-8-15-23(2)3)19-12-9-13-20(16-19)22(25)18-10-5-4-6-11-18/h4-6,9-13,16-17H,7-8,14-15H2,1-3H3/t17-/m1/s1. The van der Waals surface area contributed by atoms with Crippen LogP contribution in [0, 0.1) is 0 Å². The van der Waals surface area contributed by atoms with Gasteiger partial charge >= 0.3 is 0 Å². The number of hydrogen-bond acceptors (Lipinski definition) is 3. The van der Waals surface area contributed by atoms with Gasteiger partial charge in [-0.25, -0.2) is 0 Å². The summed E-state index contributed by atoms with van der Waals surface area (Å²) in [5.74, 6) is 0.0547. The number of Topliss-reactive ketones (excluding diaryl/α,β-unsaturated/α-hetero) is 1. The first-order chi connectivity index (χ1) is 12.0. The molecule has 25 heavy (non-hydrogen) atoms. The third kappa shape index (κ3) is 5.64. The average molecular weight is 337 g/mol. The van der Waals surface area contributed by atoms with Crippen LogP contribution in [0.15, 0.2) is 54.6 Å². The molecule has 0 heterocycles. The number of hydrogen-bond donors (Lipinski definition) is 0. The third-order valence-corrected chi connectivity index (χ3v) is 4.45. The normalized spacial score (nSPS) is 12.2. The van der Waals surface area contributed by atoms with E-state index in [2.05, 4.69) is 4.90 Å². The van der Waals surface area contributed by atoms with Crippen LogP contribution in [-0.4, -0.2) is 37.1 Å². The Kier molecular flexibility index (Phi) is 7.08. The van der Waals surface area contributed by atoms with Crippen LogP contribution in [-0.2, 0) is 4.79 Å². The van der Waals surface area contributed by atoms with Gasteiger partial charge in [0, 0.05) is 23.5 Å². The monoisotopic (exact) mass is 337 g/mol. The Labute approximate surface area is 150 Å². The van der Waals surface area contributed by atoms with Crippen LogP contribution in [0.3, 0.4) is 0 Å². The van der Waals surface area contributed by atoms with Crippen molar-refractivity contribution in [3.05, 3.63) is 71.3 Å². The molecule has 0 aliphatic heterocycles. The zero-order chi connectivity index (χ0) is 18.2. The van der Waals surface area contributed by atoms with Gasteiger partial charge in [-0.15, -0.1) is 0 Å². The first kappa shape index (κ1) is 19.1. The summed E-state index contributed by atoms with van der Waals surface area (Å²) in [6, 6.07) is 16.7. The lowest BCUT2D eigenvalue weighted by molar-refractivity contribution is -0.120. The second kappa shape index (κ2) is 9.28. The Balaban J connectivity index is 2.02. The van der Waals surface area contributed by atoms with Crippen molar-refractivity contribution in [1.29, 1.82) is 0 Å². The van der Waals surface area contributed by atoms with Crippen LogP contribution >= 0.6 is 0 Å². The second-order valence-electron chi connectivity index (χ2n) is 6.77. The topological polar surface area (TPSA) is 37.4 Å². The molecule has 0 aliphatic carbocycles. The Morgan fingerprint density at radius 3 is 2.28 bits per heavy atom. The van der Waals surface area contributed by atoms with Crippen molar-refractivity contribution in [1.82, 2.24) is 4.90 Å². The molecule has 0 amide bonds. The molecule has 0 radical (unpaired) electrons. The van der Waals surface area contributed by atoms with E-state index in [9.17, 15) is 9.59 Å². The summed E-state index contributed by atoms with van der Waals surface area (Å²) in [7, 11) is 4.08. The lowest BCUT2D eigenvalue weighted by atomic mass is 9.91. The highest BCUT2D eigenvalue weighted by Crippen LogP contribution is 2.21. The van der Waals surface area contributed by atoms with Gasteiger partial charge in [0.25, 0.3) is 0 Å². The van der Waals surface area contributed by atoms with Gasteiger partial charge in [-0.1, -0.05) is 55.5 Å². The molecule has 0 unspecified atom stereocenters. The van der Waals surface area contributed by atoms with E-state index in [1.54, 1.807) is 0 Å². The Morgan fingerprint density at radius 2 is 1.60 bits per heavy atom. The average Bonchev–Trinajstić information content (AvgIpc) is 2.64. The van der Waals surface area contributed by atoms with Gasteiger partial charge in [0.2, 0.25) is 0 Å². The highest BCUT2D eigenvalue weighted by atomic mass is 16.1. The molecule has 0 spiro atoms. The van der Waals surface area contributed by atoms with E-state index >= 15 is 0 Å². The number of nitrogens with zero attached hydrogens (tertiary/aromatic N) is 1. The van der Waals surface area contributed by atoms with Crippen LogP contribution in [0.5, 0.6) is 0 Å². The molecule has 0 fully saturated rings. The fraction of sp³-hybridized carbons (Fsp3) is 0.364. The van der Waals surface area contributed by atoms with E-state index in [1.165, 1.54) is 0 Å². The van der Waals surface area contributed by atoms with Crippen LogP contribution in [0.2, 0.25) is 0 Å². The van der Waals surface area contributed by atoms with Crippen molar-refractivity contribution < 1.29 is 9.59 Å². The summed E-state index contributed by atoms with van der Waals surface area (Å²) in [6.45, 7) is 2.93. The summed E-state index contributed by atoms with van der Waals surface area (Å²) >= 11 is 0. The van der Waals surface area contributed by atoms with Crippen LogP contribution < -0.4 is 0 Å². The van der Waals surface area contributed by atoms with Crippen molar-refractivity contribution in [3.8, 4) is 0 Å². The number of carbonyl (C=O) groups excluding carboxylic acids is 2. The maximum Gasteiger partial charge on any atom is 0.193 e. The van der Waals surface area contributed by atoms with E-state index in [0.717, 1.165) is 24.9 Å². The Hall–Kier alpha value is -2.26. The van der Waals surface area contributed by atoms with Gasteiger partial charge in [-0.2, -0.15) is 0 Å². The van der Waals surface area contributed by atoms with Crippen LogP contribution in [0.1, 0.15) is 53.6 Å². The van der Waals surface area contributed by atoms with Crippen molar-refractivity contribution in [2.75, 3.05) is 20.6 Å². The minimum Gasteiger partial charge on any atom is -0.309 e. The van der Waals surface area contributed by atoms with E-state index in [4.69, 9.17) is 0 Å². The molecular formula is C22H27NO2. The first-order valence-electron chi connectivity index (χ1n) is 8.86. The highest BCUT2D eigenvalue weighted by Gasteiger charge is 2.17. The first-order valence-corrected chi connectivity index (χ1v) is 8.86. The maximum atomic E-state index is 12.6. The minimum atomic E-state index is -0.178. The summed E-state index contributed by atoms with van der Waals surface area (Å²) in [4.78, 5) is 27.1. The molecule has 2 aromatic carbocycles. The molecular weight excluding hydrogens is 310 g/mol. The molecule has 0 saturated heterocycles. The lowest BCUT2D eigenvalue weighted by Gasteiger charge is -2.13. The number of rotatable bonds is 9. The van der Waals surface area contributed by atoms with E-state index in [1.807, 2.05) is 75.6 Å². The number of unbranched alkanes of at least 4 members (excludes halogenated alkanes) is 1. The number of ketones is 2. The van der Waals surface area contributed by atoms with E-state index < -0.39 is 0 Å². The largest absolute Gasteiger partial charge is 0.309 e. The molecule has 0 saturated carbocycles. The quantitative estimate of drug-likeness (QED) is 0.505. The number of carbonyl (C=O) groups is 2. The lowest BCUT2D eigenvalue weighted by Crippen LogP contribution is -2.14. The van der Waals surface area contributed by atoms with Gasteiger partial charge in [-0.05, 0) is 45.1 Å². The fourth-order valence-corrected chi connectivity index (χ4v) is 2.84. The van der Waals surface area contributed by atoms with Gasteiger partial charge in [0.05, 0.1) is 0 Å². The molecule has 0 aromatic heterocycles. The third-order valence-electron chi connectivity index (χ3n) is 4.45. The molecule has 3 heteroatoms. The second-order valence-corrected chi connectivity index (χ2v) is 6.77. The van der Waals surface area contributed by atoms with Crippen molar-refractivity contribution in [2.45, 2.75) is 32.1 Å². The summed E-state index contributed by atoms with van der Waals surface area (Å²) < 4.78 is 0. The molecule has 0 bridgehead atoms. The van der Waals surface area contributed by atoms with Gasteiger partial charge in [-0.3, -0.25) is 9.59 Å².